The minimum atomic E-state index is -0.466. The second kappa shape index (κ2) is 11.1. The lowest BCUT2D eigenvalue weighted by Crippen LogP contribution is -2.20. The monoisotopic (exact) mass is 638 g/mol. The van der Waals surface area contributed by atoms with Crippen molar-refractivity contribution >= 4 is 89.9 Å². The molecule has 0 aliphatic carbocycles. The SMILES string of the molecule is O=C1NC(=NC(=O)c2ccc(Cl)cc2)S/C1=C\c1cc(Br)c(OCc2ccccc2Cl)c(Br)c1. The molecule has 5 nitrogen and oxygen atoms in total. The highest BCUT2D eigenvalue weighted by atomic mass is 79.9. The van der Waals surface area contributed by atoms with E-state index in [0.717, 1.165) is 22.9 Å². The third kappa shape index (κ3) is 6.12. The normalized spacial score (nSPS) is 15.6. The number of ether oxygens (including phenoxy) is 1. The van der Waals surface area contributed by atoms with Gasteiger partial charge >= 0.3 is 0 Å². The molecule has 10 heteroatoms. The molecule has 3 aromatic carbocycles. The zero-order valence-electron chi connectivity index (χ0n) is 17.2. The van der Waals surface area contributed by atoms with Gasteiger partial charge in [0.25, 0.3) is 11.8 Å². The van der Waals surface area contributed by atoms with Gasteiger partial charge in [-0.1, -0.05) is 41.4 Å². The Hall–Kier alpha value is -2.10. The number of hydrogen-bond donors (Lipinski definition) is 1. The number of halogens is 4. The lowest BCUT2D eigenvalue weighted by Gasteiger charge is -2.12. The number of benzene rings is 3. The number of amidine groups is 1. The molecule has 1 fully saturated rings. The van der Waals surface area contributed by atoms with E-state index >= 15 is 0 Å². The molecule has 2 amide bonds. The van der Waals surface area contributed by atoms with Crippen LogP contribution in [0.1, 0.15) is 21.5 Å². The van der Waals surface area contributed by atoms with E-state index < -0.39 is 5.91 Å². The lowest BCUT2D eigenvalue weighted by molar-refractivity contribution is -0.115. The van der Waals surface area contributed by atoms with Crippen molar-refractivity contribution in [3.63, 3.8) is 0 Å². The third-order valence-corrected chi connectivity index (χ3v) is 7.30. The summed E-state index contributed by atoms with van der Waals surface area (Å²) in [5, 5.41) is 3.99. The number of nitrogens with zero attached hydrogens (tertiary/aromatic N) is 1. The molecule has 1 saturated heterocycles. The molecule has 0 bridgehead atoms. The Kier molecular flexibility index (Phi) is 8.16. The molecule has 3 aromatic rings. The van der Waals surface area contributed by atoms with Crippen molar-refractivity contribution in [3.8, 4) is 5.75 Å². The number of nitrogens with one attached hydrogen (secondary N) is 1. The van der Waals surface area contributed by atoms with Gasteiger partial charge in [-0.15, -0.1) is 0 Å². The molecule has 1 heterocycles. The summed E-state index contributed by atoms with van der Waals surface area (Å²) < 4.78 is 7.35. The van der Waals surface area contributed by atoms with Gasteiger partial charge in [0, 0.05) is 21.2 Å². The van der Waals surface area contributed by atoms with Crippen LogP contribution >= 0.6 is 66.8 Å². The molecule has 0 atom stereocenters. The van der Waals surface area contributed by atoms with Gasteiger partial charge in [-0.2, -0.15) is 4.99 Å². The number of amides is 2. The molecule has 172 valence electrons. The van der Waals surface area contributed by atoms with E-state index in [1.54, 1.807) is 30.3 Å². The molecule has 0 radical (unpaired) electrons. The van der Waals surface area contributed by atoms with Gasteiger partial charge < -0.3 is 10.1 Å². The molecular formula is C24H14Br2Cl2N2O3S. The quantitative estimate of drug-likeness (QED) is 0.293. The van der Waals surface area contributed by atoms with Gasteiger partial charge in [0.15, 0.2) is 5.17 Å². The molecular weight excluding hydrogens is 627 g/mol. The summed E-state index contributed by atoms with van der Waals surface area (Å²) in [5.41, 5.74) is 2.00. The average Bonchev–Trinajstić information content (AvgIpc) is 3.13. The first kappa shape index (κ1) is 25.0. The van der Waals surface area contributed by atoms with Gasteiger partial charge in [-0.05, 0) is 97.7 Å². The van der Waals surface area contributed by atoms with Crippen molar-refractivity contribution in [2.45, 2.75) is 6.61 Å². The Morgan fingerprint density at radius 1 is 1.06 bits per heavy atom. The highest BCUT2D eigenvalue weighted by molar-refractivity contribution is 9.11. The Balaban J connectivity index is 1.49. The van der Waals surface area contributed by atoms with Crippen LogP contribution in [0.4, 0.5) is 0 Å². The fourth-order valence-corrected chi connectivity index (χ4v) is 5.53. The highest BCUT2D eigenvalue weighted by Crippen LogP contribution is 2.37. The maximum absolute atomic E-state index is 12.4. The van der Waals surface area contributed by atoms with Crippen LogP contribution in [0.2, 0.25) is 10.0 Å². The molecule has 0 spiro atoms. The van der Waals surface area contributed by atoms with Gasteiger partial charge in [0.05, 0.1) is 13.9 Å². The molecule has 4 rings (SSSR count). The topological polar surface area (TPSA) is 67.8 Å². The van der Waals surface area contributed by atoms with Crippen LogP contribution in [0.5, 0.6) is 5.75 Å². The Labute approximate surface area is 226 Å². The fourth-order valence-electron chi connectivity index (χ4n) is 2.95. The van der Waals surface area contributed by atoms with Crippen LogP contribution in [0.15, 0.2) is 79.5 Å². The number of rotatable bonds is 5. The molecule has 1 aliphatic heterocycles. The Morgan fingerprint density at radius 2 is 1.74 bits per heavy atom. The molecule has 1 N–H and O–H groups in total. The summed E-state index contributed by atoms with van der Waals surface area (Å²) in [5.74, 6) is -0.188. The molecule has 0 aromatic heterocycles. The fraction of sp³-hybridized carbons (Fsp3) is 0.0417. The first-order valence-electron chi connectivity index (χ1n) is 9.75. The number of carbonyl (C=O) groups is 2. The number of aliphatic imine (C=N–C) groups is 1. The van der Waals surface area contributed by atoms with Gasteiger partial charge in [-0.3, -0.25) is 9.59 Å². The Bertz CT molecular complexity index is 1320. The predicted octanol–water partition coefficient (Wildman–Crippen LogP) is 7.50. The minimum Gasteiger partial charge on any atom is -0.486 e. The molecule has 34 heavy (non-hydrogen) atoms. The van der Waals surface area contributed by atoms with Crippen molar-refractivity contribution in [3.05, 3.63) is 101 Å². The van der Waals surface area contributed by atoms with E-state index in [-0.39, 0.29) is 11.1 Å². The predicted molar refractivity (Wildman–Crippen MR) is 145 cm³/mol. The van der Waals surface area contributed by atoms with Gasteiger partial charge in [0.1, 0.15) is 12.4 Å². The first-order valence-corrected chi connectivity index (χ1v) is 12.9. The summed E-state index contributed by atoms with van der Waals surface area (Å²) in [6.07, 6.45) is 1.71. The van der Waals surface area contributed by atoms with Crippen LogP contribution in [0.25, 0.3) is 6.08 Å². The van der Waals surface area contributed by atoms with E-state index in [2.05, 4.69) is 42.2 Å². The molecule has 0 saturated carbocycles. The van der Waals surface area contributed by atoms with Crippen molar-refractivity contribution in [1.29, 1.82) is 0 Å². The molecule has 1 aliphatic rings. The zero-order chi connectivity index (χ0) is 24.2. The van der Waals surface area contributed by atoms with Gasteiger partial charge in [-0.25, -0.2) is 0 Å². The average molecular weight is 641 g/mol. The van der Waals surface area contributed by atoms with Crippen LogP contribution < -0.4 is 10.1 Å². The minimum absolute atomic E-state index is 0.217. The largest absolute Gasteiger partial charge is 0.486 e. The summed E-state index contributed by atoms with van der Waals surface area (Å²) in [4.78, 5) is 29.2. The van der Waals surface area contributed by atoms with Crippen LogP contribution in [0.3, 0.4) is 0 Å². The van der Waals surface area contributed by atoms with Gasteiger partial charge in [0.2, 0.25) is 0 Å². The van der Waals surface area contributed by atoms with Crippen molar-refractivity contribution in [1.82, 2.24) is 5.32 Å². The van der Waals surface area contributed by atoms with E-state index in [4.69, 9.17) is 27.9 Å². The summed E-state index contributed by atoms with van der Waals surface area (Å²) in [6, 6.07) is 17.5. The van der Waals surface area contributed by atoms with E-state index in [1.165, 1.54) is 0 Å². The highest BCUT2D eigenvalue weighted by Gasteiger charge is 2.25. The second-order valence-corrected chi connectivity index (χ2v) is 10.6. The summed E-state index contributed by atoms with van der Waals surface area (Å²) in [6.45, 7) is 0.303. The molecule has 0 unspecified atom stereocenters. The smallest absolute Gasteiger partial charge is 0.279 e. The van der Waals surface area contributed by atoms with Crippen molar-refractivity contribution < 1.29 is 14.3 Å². The number of carbonyl (C=O) groups excluding carboxylic acids is 2. The van der Waals surface area contributed by atoms with Crippen molar-refractivity contribution in [2.75, 3.05) is 0 Å². The van der Waals surface area contributed by atoms with Crippen molar-refractivity contribution in [2.24, 2.45) is 4.99 Å². The lowest BCUT2D eigenvalue weighted by atomic mass is 10.2. The standard InChI is InChI=1S/C24H14Br2Cl2N2O3S/c25-17-9-13(10-18(26)21(17)33-12-15-3-1-2-4-19(15)28)11-20-23(32)30-24(34-20)29-22(31)14-5-7-16(27)8-6-14/h1-11H,12H2,(H,29,30,31,32)/b20-11-. The Morgan fingerprint density at radius 3 is 2.41 bits per heavy atom. The summed E-state index contributed by atoms with van der Waals surface area (Å²) in [7, 11) is 0. The van der Waals surface area contributed by atoms with Crippen LogP contribution in [-0.2, 0) is 11.4 Å². The van der Waals surface area contributed by atoms with E-state index in [9.17, 15) is 9.59 Å². The second-order valence-electron chi connectivity index (χ2n) is 6.99. The summed E-state index contributed by atoms with van der Waals surface area (Å²) >= 11 is 20.2. The van der Waals surface area contributed by atoms with Crippen LogP contribution in [-0.4, -0.2) is 17.0 Å². The van der Waals surface area contributed by atoms with Crippen LogP contribution in [0, 0.1) is 0 Å². The number of thioether (sulfide) groups is 1. The third-order valence-electron chi connectivity index (χ3n) is 4.59. The zero-order valence-corrected chi connectivity index (χ0v) is 22.7. The maximum Gasteiger partial charge on any atom is 0.279 e. The van der Waals surface area contributed by atoms with E-state index in [0.29, 0.717) is 41.8 Å². The first-order chi connectivity index (χ1) is 16.3. The number of hydrogen-bond acceptors (Lipinski definition) is 4. The maximum atomic E-state index is 12.4. The van der Waals surface area contributed by atoms with E-state index in [1.807, 2.05) is 36.4 Å².